The van der Waals surface area contributed by atoms with E-state index in [9.17, 15) is 9.36 Å². The lowest BCUT2D eigenvalue weighted by molar-refractivity contribution is 0.0696. The monoisotopic (exact) mass is 388 g/mol. The Balaban J connectivity index is 0.000000577. The lowest BCUT2D eigenvalue weighted by atomic mass is 10.2. The van der Waals surface area contributed by atoms with Gasteiger partial charge in [0.1, 0.15) is 0 Å². The molecule has 0 aliphatic heterocycles. The maximum atomic E-state index is 12.2. The molecule has 1 rings (SSSR count). The second kappa shape index (κ2) is 16.0. The fourth-order valence-electron chi connectivity index (χ4n) is 1.65. The molecule has 1 aromatic carbocycles. The van der Waals surface area contributed by atoms with Crippen molar-refractivity contribution >= 4 is 13.8 Å². The first-order chi connectivity index (χ1) is 12.5. The summed E-state index contributed by atoms with van der Waals surface area (Å²) in [6, 6.07) is 8.30. The van der Waals surface area contributed by atoms with E-state index in [1.807, 2.05) is 0 Å². The zero-order chi connectivity index (χ0) is 19.7. The van der Waals surface area contributed by atoms with Crippen molar-refractivity contribution in [3.05, 3.63) is 35.9 Å². The summed E-state index contributed by atoms with van der Waals surface area (Å²) < 4.78 is 28.0. The van der Waals surface area contributed by atoms with Crippen molar-refractivity contribution in [3.8, 4) is 0 Å². The van der Waals surface area contributed by atoms with Crippen molar-refractivity contribution in [1.29, 1.82) is 0 Å². The third-order valence-electron chi connectivity index (χ3n) is 3.26. The van der Waals surface area contributed by atoms with Gasteiger partial charge in [-0.3, -0.25) is 13.6 Å². The normalized spacial score (nSPS) is 10.9. The molecule has 0 amide bonds. The van der Waals surface area contributed by atoms with Gasteiger partial charge in [0, 0.05) is 0 Å². The molecule has 0 fully saturated rings. The number of hydrogen-bond acceptors (Lipinski definition) is 5. The van der Waals surface area contributed by atoms with Gasteiger partial charge in [0.15, 0.2) is 0 Å². The van der Waals surface area contributed by atoms with Crippen LogP contribution in [0, 0.1) is 0 Å². The van der Waals surface area contributed by atoms with Gasteiger partial charge in [-0.05, 0) is 31.4 Å². The molecule has 6 nitrogen and oxygen atoms in total. The van der Waals surface area contributed by atoms with Crippen LogP contribution in [0.4, 0.5) is 0 Å². The highest BCUT2D eigenvalue weighted by Crippen LogP contribution is 2.49. The van der Waals surface area contributed by atoms with Crippen molar-refractivity contribution in [2.24, 2.45) is 0 Å². The highest BCUT2D eigenvalue weighted by atomic mass is 31.2. The number of phosphoric ester groups is 1. The van der Waals surface area contributed by atoms with E-state index in [1.165, 1.54) is 0 Å². The van der Waals surface area contributed by atoms with Crippen LogP contribution in [-0.2, 0) is 18.1 Å². The van der Waals surface area contributed by atoms with Crippen molar-refractivity contribution < 1.29 is 28.0 Å². The van der Waals surface area contributed by atoms with Gasteiger partial charge in [-0.2, -0.15) is 0 Å². The van der Waals surface area contributed by atoms with Crippen molar-refractivity contribution in [1.82, 2.24) is 0 Å². The molecule has 0 saturated carbocycles. The average Bonchev–Trinajstić information content (AvgIpc) is 2.64. The van der Waals surface area contributed by atoms with Crippen LogP contribution in [-0.4, -0.2) is 30.9 Å². The Morgan fingerprint density at radius 1 is 0.846 bits per heavy atom. The fourth-order valence-corrected chi connectivity index (χ4v) is 2.94. The molecule has 0 radical (unpaired) electrons. The minimum Gasteiger partial charge on any atom is -0.478 e. The number of unbranched alkanes of at least 4 members (excludes halogenated alkanes) is 3. The number of hydrogen-bond donors (Lipinski definition) is 1. The maximum absolute atomic E-state index is 12.2. The number of carbonyl (C=O) groups is 1. The number of aromatic carboxylic acids is 1. The second-order valence-electron chi connectivity index (χ2n) is 5.68. The summed E-state index contributed by atoms with van der Waals surface area (Å²) in [6.45, 7) is 7.49. The quantitative estimate of drug-likeness (QED) is 0.333. The summed E-state index contributed by atoms with van der Waals surface area (Å²) in [5.41, 5.74) is 0.331. The zero-order valence-electron chi connectivity index (χ0n) is 16.2. The van der Waals surface area contributed by atoms with Crippen molar-refractivity contribution in [2.45, 2.75) is 59.3 Å². The topological polar surface area (TPSA) is 82.1 Å². The highest BCUT2D eigenvalue weighted by Gasteiger charge is 2.25. The van der Waals surface area contributed by atoms with E-state index in [1.54, 1.807) is 30.3 Å². The highest BCUT2D eigenvalue weighted by molar-refractivity contribution is 7.48. The van der Waals surface area contributed by atoms with Crippen molar-refractivity contribution in [3.63, 3.8) is 0 Å². The first-order valence-electron chi connectivity index (χ1n) is 9.31. The number of carboxylic acids is 1. The van der Waals surface area contributed by atoms with Crippen LogP contribution in [0.5, 0.6) is 0 Å². The Labute approximate surface area is 157 Å². The zero-order valence-corrected chi connectivity index (χ0v) is 17.1. The summed E-state index contributed by atoms with van der Waals surface area (Å²) in [4.78, 5) is 10.2. The van der Waals surface area contributed by atoms with Crippen LogP contribution >= 0.6 is 7.82 Å². The van der Waals surface area contributed by atoms with Crippen LogP contribution < -0.4 is 0 Å². The molecular formula is C19H33O6P. The van der Waals surface area contributed by atoms with Crippen molar-refractivity contribution in [2.75, 3.05) is 19.8 Å². The van der Waals surface area contributed by atoms with E-state index in [2.05, 4.69) is 20.8 Å². The molecule has 0 heterocycles. The molecule has 26 heavy (non-hydrogen) atoms. The minimum atomic E-state index is -3.31. The average molecular weight is 388 g/mol. The molecule has 1 aromatic rings. The van der Waals surface area contributed by atoms with E-state index in [0.29, 0.717) is 25.4 Å². The number of rotatable bonds is 13. The van der Waals surface area contributed by atoms with Gasteiger partial charge < -0.3 is 5.11 Å². The first kappa shape index (κ1) is 24.8. The third-order valence-corrected chi connectivity index (χ3v) is 4.76. The van der Waals surface area contributed by atoms with E-state index in [-0.39, 0.29) is 0 Å². The Morgan fingerprint density at radius 3 is 1.50 bits per heavy atom. The van der Waals surface area contributed by atoms with Gasteiger partial charge in [0.05, 0.1) is 25.4 Å². The summed E-state index contributed by atoms with van der Waals surface area (Å²) in [7, 11) is -3.31. The smallest absolute Gasteiger partial charge is 0.474 e. The van der Waals surface area contributed by atoms with Crippen LogP contribution in [0.15, 0.2) is 30.3 Å². The molecule has 0 bridgehead atoms. The molecule has 0 atom stereocenters. The molecule has 0 aliphatic rings. The van der Waals surface area contributed by atoms with E-state index in [0.717, 1.165) is 38.5 Å². The van der Waals surface area contributed by atoms with E-state index < -0.39 is 13.8 Å². The van der Waals surface area contributed by atoms with Gasteiger partial charge in [-0.25, -0.2) is 9.36 Å². The number of phosphoric acid groups is 1. The number of benzene rings is 1. The minimum absolute atomic E-state index is 0.331. The van der Waals surface area contributed by atoms with E-state index in [4.69, 9.17) is 18.7 Å². The van der Waals surface area contributed by atoms with Gasteiger partial charge >= 0.3 is 13.8 Å². The lowest BCUT2D eigenvalue weighted by Gasteiger charge is -2.17. The predicted octanol–water partition coefficient (Wildman–Crippen LogP) is 5.93. The molecule has 0 spiro atoms. The molecule has 150 valence electrons. The Hall–Kier alpha value is -1.20. The summed E-state index contributed by atoms with van der Waals surface area (Å²) in [5, 5.41) is 8.38. The first-order valence-corrected chi connectivity index (χ1v) is 10.8. The number of carboxylic acid groups (broad SMARTS) is 1. The van der Waals surface area contributed by atoms with E-state index >= 15 is 0 Å². The van der Waals surface area contributed by atoms with Gasteiger partial charge in [-0.15, -0.1) is 0 Å². The molecular weight excluding hydrogens is 355 g/mol. The third kappa shape index (κ3) is 13.1. The summed E-state index contributed by atoms with van der Waals surface area (Å²) in [6.07, 6.45) is 5.63. The Kier molecular flexibility index (Phi) is 15.3. The Morgan fingerprint density at radius 2 is 1.23 bits per heavy atom. The largest absolute Gasteiger partial charge is 0.478 e. The van der Waals surface area contributed by atoms with Crippen LogP contribution in [0.25, 0.3) is 0 Å². The fraction of sp³-hybridized carbons (Fsp3) is 0.632. The SMILES string of the molecule is CCCCOP(=O)(OCCCC)OCCCC.O=C(O)c1ccccc1. The maximum Gasteiger partial charge on any atom is 0.474 e. The molecule has 0 unspecified atom stereocenters. The molecule has 0 saturated heterocycles. The Bertz CT molecular complexity index is 473. The molecule has 1 N–H and O–H groups in total. The molecule has 0 aromatic heterocycles. The van der Waals surface area contributed by atoms with Crippen LogP contribution in [0.3, 0.4) is 0 Å². The second-order valence-corrected chi connectivity index (χ2v) is 7.35. The van der Waals surface area contributed by atoms with Crippen LogP contribution in [0.2, 0.25) is 0 Å². The standard InChI is InChI=1S/C12H27O4P.C7H6O2/c1-4-7-10-14-17(13,15-11-8-5-2)16-12-9-6-3;8-7(9)6-4-2-1-3-5-6/h4-12H2,1-3H3;1-5H,(H,8,9). The molecule has 7 heteroatoms. The summed E-state index contributed by atoms with van der Waals surface area (Å²) >= 11 is 0. The summed E-state index contributed by atoms with van der Waals surface area (Å²) in [5.74, 6) is -0.879. The van der Waals surface area contributed by atoms with Gasteiger partial charge in [0.25, 0.3) is 0 Å². The molecule has 0 aliphatic carbocycles. The van der Waals surface area contributed by atoms with Gasteiger partial charge in [0.2, 0.25) is 0 Å². The van der Waals surface area contributed by atoms with Gasteiger partial charge in [-0.1, -0.05) is 58.2 Å². The lowest BCUT2D eigenvalue weighted by Crippen LogP contribution is -2.03. The predicted molar refractivity (Wildman–Crippen MR) is 104 cm³/mol. The van der Waals surface area contributed by atoms with Crippen LogP contribution in [0.1, 0.15) is 69.7 Å².